The van der Waals surface area contributed by atoms with Crippen LogP contribution in [0.3, 0.4) is 0 Å². The van der Waals surface area contributed by atoms with Crippen LogP contribution in [-0.2, 0) is 0 Å². The lowest BCUT2D eigenvalue weighted by Gasteiger charge is -2.39. The molecule has 3 atom stereocenters. The molecule has 0 radical (unpaired) electrons. The summed E-state index contributed by atoms with van der Waals surface area (Å²) in [6.07, 6.45) is 4.99. The highest BCUT2D eigenvalue weighted by Gasteiger charge is 2.36. The smallest absolute Gasteiger partial charge is 0.0853 e. The minimum atomic E-state index is -0.586. The van der Waals surface area contributed by atoms with Gasteiger partial charge in [-0.05, 0) is 24.7 Å². The quantitative estimate of drug-likeness (QED) is 0.575. The molecule has 1 aliphatic carbocycles. The summed E-state index contributed by atoms with van der Waals surface area (Å²) in [7, 11) is 0. The van der Waals surface area contributed by atoms with Gasteiger partial charge >= 0.3 is 0 Å². The van der Waals surface area contributed by atoms with Crippen molar-refractivity contribution < 1.29 is 5.11 Å². The summed E-state index contributed by atoms with van der Waals surface area (Å²) in [6, 6.07) is 0. The molecular weight excluding hydrogens is 136 g/mol. The molecule has 1 heteroatoms. The Balaban J connectivity index is 2.72. The van der Waals surface area contributed by atoms with Crippen molar-refractivity contribution in [3.63, 3.8) is 0 Å². The van der Waals surface area contributed by atoms with Gasteiger partial charge in [0.05, 0.1) is 5.60 Å². The monoisotopic (exact) mass is 154 g/mol. The second-order valence-electron chi connectivity index (χ2n) is 3.85. The first-order chi connectivity index (χ1) is 5.10. The molecule has 1 nitrogen and oxygen atoms in total. The molecule has 0 spiro atoms. The SMILES string of the molecule is C=CC1(O)CCCC(C)C1C. The van der Waals surface area contributed by atoms with Crippen LogP contribution in [0.5, 0.6) is 0 Å². The van der Waals surface area contributed by atoms with E-state index in [2.05, 4.69) is 20.4 Å². The first kappa shape index (κ1) is 8.79. The molecule has 1 fully saturated rings. The minimum absolute atomic E-state index is 0.369. The van der Waals surface area contributed by atoms with Gasteiger partial charge in [0.25, 0.3) is 0 Å². The molecule has 64 valence electrons. The van der Waals surface area contributed by atoms with Gasteiger partial charge in [-0.25, -0.2) is 0 Å². The fourth-order valence-corrected chi connectivity index (χ4v) is 1.97. The van der Waals surface area contributed by atoms with Gasteiger partial charge in [-0.15, -0.1) is 6.58 Å². The molecule has 11 heavy (non-hydrogen) atoms. The third-order valence-corrected chi connectivity index (χ3v) is 3.23. The summed E-state index contributed by atoms with van der Waals surface area (Å²) in [5.41, 5.74) is -0.586. The van der Waals surface area contributed by atoms with E-state index in [9.17, 15) is 5.11 Å². The van der Waals surface area contributed by atoms with Crippen LogP contribution in [0, 0.1) is 11.8 Å². The third kappa shape index (κ3) is 1.48. The van der Waals surface area contributed by atoms with Crippen LogP contribution in [0.15, 0.2) is 12.7 Å². The van der Waals surface area contributed by atoms with Crippen LogP contribution in [0.25, 0.3) is 0 Å². The van der Waals surface area contributed by atoms with Crippen LogP contribution < -0.4 is 0 Å². The maximum Gasteiger partial charge on any atom is 0.0853 e. The lowest BCUT2D eigenvalue weighted by Crippen LogP contribution is -2.40. The largest absolute Gasteiger partial charge is 0.386 e. The van der Waals surface area contributed by atoms with Gasteiger partial charge in [0, 0.05) is 0 Å². The van der Waals surface area contributed by atoms with Crippen molar-refractivity contribution in [1.29, 1.82) is 0 Å². The first-order valence-electron chi connectivity index (χ1n) is 4.46. The van der Waals surface area contributed by atoms with Crippen LogP contribution in [0.2, 0.25) is 0 Å². The third-order valence-electron chi connectivity index (χ3n) is 3.23. The van der Waals surface area contributed by atoms with Crippen LogP contribution in [0.1, 0.15) is 33.1 Å². The molecule has 1 rings (SSSR count). The van der Waals surface area contributed by atoms with E-state index in [0.717, 1.165) is 12.8 Å². The van der Waals surface area contributed by atoms with Gasteiger partial charge in [0.15, 0.2) is 0 Å². The van der Waals surface area contributed by atoms with E-state index in [4.69, 9.17) is 0 Å². The van der Waals surface area contributed by atoms with E-state index in [1.165, 1.54) is 6.42 Å². The molecule has 3 unspecified atom stereocenters. The van der Waals surface area contributed by atoms with Gasteiger partial charge < -0.3 is 5.11 Å². The highest BCUT2D eigenvalue weighted by Crippen LogP contribution is 2.37. The first-order valence-corrected chi connectivity index (χ1v) is 4.46. The topological polar surface area (TPSA) is 20.2 Å². The van der Waals surface area contributed by atoms with Crippen LogP contribution in [0.4, 0.5) is 0 Å². The molecule has 0 saturated heterocycles. The molecule has 0 aromatic heterocycles. The Morgan fingerprint density at radius 1 is 1.55 bits per heavy atom. The predicted octanol–water partition coefficient (Wildman–Crippen LogP) is 2.36. The maximum atomic E-state index is 10.0. The number of hydrogen-bond acceptors (Lipinski definition) is 1. The Labute approximate surface area is 69.1 Å². The molecule has 1 saturated carbocycles. The number of rotatable bonds is 1. The van der Waals surface area contributed by atoms with E-state index in [1.54, 1.807) is 6.08 Å². The Hall–Kier alpha value is -0.300. The highest BCUT2D eigenvalue weighted by molar-refractivity contribution is 5.02. The average Bonchev–Trinajstić information content (AvgIpc) is 2.00. The maximum absolute atomic E-state index is 10.0. The van der Waals surface area contributed by atoms with Crippen molar-refractivity contribution in [3.05, 3.63) is 12.7 Å². The summed E-state index contributed by atoms with van der Waals surface area (Å²) in [6.45, 7) is 8.01. The summed E-state index contributed by atoms with van der Waals surface area (Å²) in [4.78, 5) is 0. The van der Waals surface area contributed by atoms with Crippen molar-refractivity contribution in [1.82, 2.24) is 0 Å². The van der Waals surface area contributed by atoms with Gasteiger partial charge in [-0.1, -0.05) is 26.3 Å². The molecule has 0 bridgehead atoms. The Bertz CT molecular complexity index is 153. The predicted molar refractivity (Wildman–Crippen MR) is 47.3 cm³/mol. The average molecular weight is 154 g/mol. The summed E-state index contributed by atoms with van der Waals surface area (Å²) < 4.78 is 0. The summed E-state index contributed by atoms with van der Waals surface area (Å²) in [5.74, 6) is 1.00. The standard InChI is InChI=1S/C10H18O/c1-4-10(11)7-5-6-8(2)9(10)3/h4,8-9,11H,1,5-7H2,2-3H3. The molecule has 1 aliphatic rings. The van der Waals surface area contributed by atoms with Crippen molar-refractivity contribution in [2.45, 2.75) is 38.7 Å². The second-order valence-corrected chi connectivity index (χ2v) is 3.85. The van der Waals surface area contributed by atoms with Gasteiger partial charge in [0.2, 0.25) is 0 Å². The fourth-order valence-electron chi connectivity index (χ4n) is 1.97. The van der Waals surface area contributed by atoms with Crippen molar-refractivity contribution in [2.75, 3.05) is 0 Å². The second kappa shape index (κ2) is 2.98. The summed E-state index contributed by atoms with van der Waals surface area (Å²) in [5, 5.41) is 10.0. The normalized spacial score (nSPS) is 45.4. The molecule has 0 aromatic carbocycles. The Kier molecular flexibility index (Phi) is 2.38. The molecule has 0 amide bonds. The molecule has 0 aliphatic heterocycles. The lowest BCUT2D eigenvalue weighted by atomic mass is 9.71. The van der Waals surface area contributed by atoms with Gasteiger partial charge in [0.1, 0.15) is 0 Å². The lowest BCUT2D eigenvalue weighted by molar-refractivity contribution is -0.0211. The Morgan fingerprint density at radius 3 is 2.64 bits per heavy atom. The summed E-state index contributed by atoms with van der Waals surface area (Å²) >= 11 is 0. The van der Waals surface area contributed by atoms with E-state index in [-0.39, 0.29) is 0 Å². The molecule has 1 N–H and O–H groups in total. The number of aliphatic hydroxyl groups is 1. The van der Waals surface area contributed by atoms with E-state index in [1.807, 2.05) is 0 Å². The van der Waals surface area contributed by atoms with Crippen molar-refractivity contribution >= 4 is 0 Å². The van der Waals surface area contributed by atoms with Gasteiger partial charge in [-0.2, -0.15) is 0 Å². The zero-order chi connectivity index (χ0) is 8.48. The van der Waals surface area contributed by atoms with E-state index >= 15 is 0 Å². The van der Waals surface area contributed by atoms with E-state index < -0.39 is 5.60 Å². The molecule has 0 heterocycles. The minimum Gasteiger partial charge on any atom is -0.386 e. The van der Waals surface area contributed by atoms with Crippen LogP contribution >= 0.6 is 0 Å². The van der Waals surface area contributed by atoms with E-state index in [0.29, 0.717) is 11.8 Å². The van der Waals surface area contributed by atoms with Crippen LogP contribution in [-0.4, -0.2) is 10.7 Å². The molecule has 0 aromatic rings. The Morgan fingerprint density at radius 2 is 2.18 bits per heavy atom. The highest BCUT2D eigenvalue weighted by atomic mass is 16.3. The molecular formula is C10H18O. The van der Waals surface area contributed by atoms with Crippen molar-refractivity contribution in [2.24, 2.45) is 11.8 Å². The van der Waals surface area contributed by atoms with Crippen molar-refractivity contribution in [3.8, 4) is 0 Å². The zero-order valence-electron chi connectivity index (χ0n) is 7.51. The number of hydrogen-bond donors (Lipinski definition) is 1. The zero-order valence-corrected chi connectivity index (χ0v) is 7.51. The van der Waals surface area contributed by atoms with Gasteiger partial charge in [-0.3, -0.25) is 0 Å². The fraction of sp³-hybridized carbons (Fsp3) is 0.800.